The van der Waals surface area contributed by atoms with Gasteiger partial charge in [-0.2, -0.15) is 0 Å². The molecule has 0 radical (unpaired) electrons. The van der Waals surface area contributed by atoms with E-state index in [4.69, 9.17) is 5.73 Å². The zero-order chi connectivity index (χ0) is 8.20. The van der Waals surface area contributed by atoms with Crippen LogP contribution in [0, 0.1) is 17.3 Å². The summed E-state index contributed by atoms with van der Waals surface area (Å²) in [6.07, 6.45) is 0.934. The first kappa shape index (κ1) is 9.52. The van der Waals surface area contributed by atoms with Gasteiger partial charge in [-0.05, 0) is 27.2 Å². The lowest BCUT2D eigenvalue weighted by Gasteiger charge is -2.07. The topological polar surface area (TPSA) is 26.0 Å². The molecule has 1 unspecified atom stereocenters. The van der Waals surface area contributed by atoms with Gasteiger partial charge in [0.15, 0.2) is 0 Å². The number of hydrogen-bond acceptors (Lipinski definition) is 1. The van der Waals surface area contributed by atoms with Crippen molar-refractivity contribution in [3.05, 3.63) is 0 Å². The van der Waals surface area contributed by atoms with E-state index in [0.717, 1.165) is 6.42 Å². The average molecular weight is 139 g/mol. The molecule has 0 saturated carbocycles. The SMILES string of the molecule is CCC(N)C#CC(C)(C)C. The molecule has 2 N–H and O–H groups in total. The molecule has 0 saturated heterocycles. The van der Waals surface area contributed by atoms with Crippen LogP contribution in [0.3, 0.4) is 0 Å². The van der Waals surface area contributed by atoms with Gasteiger partial charge < -0.3 is 5.73 Å². The lowest BCUT2D eigenvalue weighted by atomic mass is 9.97. The van der Waals surface area contributed by atoms with Crippen molar-refractivity contribution in [1.82, 2.24) is 0 Å². The lowest BCUT2D eigenvalue weighted by Crippen LogP contribution is -2.16. The van der Waals surface area contributed by atoms with Gasteiger partial charge in [-0.15, -0.1) is 0 Å². The van der Waals surface area contributed by atoms with Crippen molar-refractivity contribution in [1.29, 1.82) is 0 Å². The second-order valence-electron chi connectivity index (χ2n) is 3.53. The molecule has 0 aliphatic carbocycles. The van der Waals surface area contributed by atoms with E-state index >= 15 is 0 Å². The third kappa shape index (κ3) is 5.65. The third-order valence-corrected chi connectivity index (χ3v) is 1.07. The predicted molar refractivity (Wildman–Crippen MR) is 45.5 cm³/mol. The summed E-state index contributed by atoms with van der Waals surface area (Å²) < 4.78 is 0. The predicted octanol–water partition coefficient (Wildman–Crippen LogP) is 1.77. The Labute approximate surface area is 64.0 Å². The van der Waals surface area contributed by atoms with E-state index in [-0.39, 0.29) is 11.5 Å². The maximum atomic E-state index is 5.61. The standard InChI is InChI=1S/C9H17N/c1-5-8(10)6-7-9(2,3)4/h8H,5,10H2,1-4H3. The summed E-state index contributed by atoms with van der Waals surface area (Å²) in [5.41, 5.74) is 5.70. The Bertz CT molecular complexity index is 142. The van der Waals surface area contributed by atoms with Gasteiger partial charge in [0.1, 0.15) is 0 Å². The van der Waals surface area contributed by atoms with Gasteiger partial charge in [0.25, 0.3) is 0 Å². The normalized spacial score (nSPS) is 13.7. The van der Waals surface area contributed by atoms with Crippen LogP contribution in [-0.4, -0.2) is 6.04 Å². The molecule has 0 bridgehead atoms. The second-order valence-corrected chi connectivity index (χ2v) is 3.53. The third-order valence-electron chi connectivity index (χ3n) is 1.07. The molecular weight excluding hydrogens is 122 g/mol. The number of nitrogens with two attached hydrogens (primary N) is 1. The minimum absolute atomic E-state index is 0.0548. The van der Waals surface area contributed by atoms with E-state index in [1.54, 1.807) is 0 Å². The van der Waals surface area contributed by atoms with E-state index in [1.165, 1.54) is 0 Å². The van der Waals surface area contributed by atoms with Gasteiger partial charge in [-0.1, -0.05) is 18.8 Å². The smallest absolute Gasteiger partial charge is 0.0662 e. The number of hydrogen-bond donors (Lipinski definition) is 1. The molecular formula is C9H17N. The monoisotopic (exact) mass is 139 g/mol. The molecule has 0 heterocycles. The molecule has 0 aliphatic rings. The first-order valence-electron chi connectivity index (χ1n) is 3.74. The fourth-order valence-corrected chi connectivity index (χ4v) is 0.411. The van der Waals surface area contributed by atoms with Crippen molar-refractivity contribution in [3.63, 3.8) is 0 Å². The molecule has 0 spiro atoms. The van der Waals surface area contributed by atoms with E-state index < -0.39 is 0 Å². The first-order chi connectivity index (χ1) is 4.45. The Balaban J connectivity index is 3.91. The van der Waals surface area contributed by atoms with Crippen molar-refractivity contribution in [2.24, 2.45) is 11.1 Å². The van der Waals surface area contributed by atoms with Crippen molar-refractivity contribution < 1.29 is 0 Å². The molecule has 1 heteroatoms. The number of rotatable bonds is 1. The molecule has 0 amide bonds. The van der Waals surface area contributed by atoms with Gasteiger partial charge in [-0.3, -0.25) is 0 Å². The quantitative estimate of drug-likeness (QED) is 0.550. The van der Waals surface area contributed by atoms with E-state index in [0.29, 0.717) is 0 Å². The van der Waals surface area contributed by atoms with Gasteiger partial charge >= 0.3 is 0 Å². The molecule has 0 aromatic heterocycles. The fraction of sp³-hybridized carbons (Fsp3) is 0.778. The van der Waals surface area contributed by atoms with Crippen LogP contribution >= 0.6 is 0 Å². The van der Waals surface area contributed by atoms with Gasteiger partial charge in [0.05, 0.1) is 6.04 Å². The van der Waals surface area contributed by atoms with Crippen LogP contribution in [0.15, 0.2) is 0 Å². The van der Waals surface area contributed by atoms with E-state index in [9.17, 15) is 0 Å². The molecule has 0 aliphatic heterocycles. The highest BCUT2D eigenvalue weighted by molar-refractivity contribution is 5.11. The van der Waals surface area contributed by atoms with Crippen molar-refractivity contribution >= 4 is 0 Å². The molecule has 0 aromatic rings. The molecule has 0 aromatic carbocycles. The highest BCUT2D eigenvalue weighted by Crippen LogP contribution is 2.09. The average Bonchev–Trinajstić information content (AvgIpc) is 1.81. The Hall–Kier alpha value is -0.480. The zero-order valence-electron chi connectivity index (χ0n) is 7.36. The van der Waals surface area contributed by atoms with Crippen LogP contribution in [0.5, 0.6) is 0 Å². The molecule has 0 rings (SSSR count). The summed E-state index contributed by atoms with van der Waals surface area (Å²) >= 11 is 0. The molecule has 10 heavy (non-hydrogen) atoms. The summed E-state index contributed by atoms with van der Waals surface area (Å²) in [6, 6.07) is 0.0548. The molecule has 1 nitrogen and oxygen atoms in total. The highest BCUT2D eigenvalue weighted by atomic mass is 14.6. The molecule has 0 fully saturated rings. The van der Waals surface area contributed by atoms with E-state index in [2.05, 4.69) is 32.6 Å². The lowest BCUT2D eigenvalue weighted by molar-refractivity contribution is 0.569. The minimum atomic E-state index is 0.0548. The zero-order valence-corrected chi connectivity index (χ0v) is 7.36. The van der Waals surface area contributed by atoms with Crippen LogP contribution in [0.4, 0.5) is 0 Å². The summed E-state index contributed by atoms with van der Waals surface area (Å²) in [6.45, 7) is 8.30. The summed E-state index contributed by atoms with van der Waals surface area (Å²) in [4.78, 5) is 0. The molecule has 1 atom stereocenters. The van der Waals surface area contributed by atoms with Crippen molar-refractivity contribution in [2.45, 2.75) is 40.2 Å². The first-order valence-corrected chi connectivity index (χ1v) is 3.74. The van der Waals surface area contributed by atoms with Crippen molar-refractivity contribution in [2.75, 3.05) is 0 Å². The Morgan fingerprint density at radius 2 is 1.90 bits per heavy atom. The van der Waals surface area contributed by atoms with Crippen LogP contribution in [0.1, 0.15) is 34.1 Å². The maximum Gasteiger partial charge on any atom is 0.0662 e. The largest absolute Gasteiger partial charge is 0.318 e. The van der Waals surface area contributed by atoms with Gasteiger partial charge in [-0.25, -0.2) is 0 Å². The summed E-state index contributed by atoms with van der Waals surface area (Å²) in [5, 5.41) is 0. The van der Waals surface area contributed by atoms with Gasteiger partial charge in [0, 0.05) is 5.41 Å². The maximum absolute atomic E-state index is 5.61. The summed E-state index contributed by atoms with van der Waals surface area (Å²) in [5.74, 6) is 6.10. The van der Waals surface area contributed by atoms with Crippen LogP contribution in [0.25, 0.3) is 0 Å². The Morgan fingerprint density at radius 3 is 2.20 bits per heavy atom. The Morgan fingerprint density at radius 1 is 1.40 bits per heavy atom. The van der Waals surface area contributed by atoms with Crippen LogP contribution in [0.2, 0.25) is 0 Å². The Kier molecular flexibility index (Phi) is 3.46. The second kappa shape index (κ2) is 3.63. The fourth-order valence-electron chi connectivity index (χ4n) is 0.411. The van der Waals surface area contributed by atoms with Crippen LogP contribution in [-0.2, 0) is 0 Å². The van der Waals surface area contributed by atoms with Crippen LogP contribution < -0.4 is 5.73 Å². The van der Waals surface area contributed by atoms with Crippen molar-refractivity contribution in [3.8, 4) is 11.8 Å². The minimum Gasteiger partial charge on any atom is -0.318 e. The van der Waals surface area contributed by atoms with Gasteiger partial charge in [0.2, 0.25) is 0 Å². The molecule has 58 valence electrons. The van der Waals surface area contributed by atoms with E-state index in [1.807, 2.05) is 6.92 Å². The highest BCUT2D eigenvalue weighted by Gasteiger charge is 2.03. The summed E-state index contributed by atoms with van der Waals surface area (Å²) in [7, 11) is 0.